The minimum atomic E-state index is -0.564. The molecule has 5 heteroatoms. The van der Waals surface area contributed by atoms with Gasteiger partial charge in [-0.15, -0.1) is 0 Å². The van der Waals surface area contributed by atoms with E-state index >= 15 is 0 Å². The van der Waals surface area contributed by atoms with E-state index in [0.29, 0.717) is 23.5 Å². The number of ether oxygens (including phenoxy) is 1. The zero-order valence-corrected chi connectivity index (χ0v) is 17.0. The van der Waals surface area contributed by atoms with Crippen LogP contribution in [0.4, 0.5) is 0 Å². The van der Waals surface area contributed by atoms with E-state index in [2.05, 4.69) is 6.58 Å². The first kappa shape index (κ1) is 20.8. The Hall–Kier alpha value is -3.91. The molecule has 0 unspecified atom stereocenters. The van der Waals surface area contributed by atoms with Gasteiger partial charge in [0.2, 0.25) is 0 Å². The molecule has 2 aromatic carbocycles. The summed E-state index contributed by atoms with van der Waals surface area (Å²) in [6, 6.07) is 16.8. The molecule has 5 nitrogen and oxygen atoms in total. The first-order chi connectivity index (χ1) is 14.4. The van der Waals surface area contributed by atoms with Crippen LogP contribution < -0.4 is 4.74 Å². The Morgan fingerprint density at radius 3 is 2.30 bits per heavy atom. The van der Waals surface area contributed by atoms with E-state index in [0.717, 1.165) is 21.6 Å². The van der Waals surface area contributed by atoms with Gasteiger partial charge in [0.25, 0.3) is 11.8 Å². The number of rotatable bonds is 6. The van der Waals surface area contributed by atoms with Crippen LogP contribution in [-0.4, -0.2) is 23.3 Å². The van der Waals surface area contributed by atoms with E-state index in [1.54, 1.807) is 31.2 Å². The molecule has 0 saturated carbocycles. The van der Waals surface area contributed by atoms with Crippen LogP contribution in [-0.2, 0) is 16.1 Å². The highest BCUT2D eigenvalue weighted by atomic mass is 16.5. The fourth-order valence-electron chi connectivity index (χ4n) is 3.13. The maximum atomic E-state index is 13.1. The number of amides is 2. The molecule has 1 aliphatic rings. The summed E-state index contributed by atoms with van der Waals surface area (Å²) >= 11 is 0. The molecule has 0 spiro atoms. The van der Waals surface area contributed by atoms with Gasteiger partial charge in [-0.05, 0) is 48.8 Å². The molecule has 0 radical (unpaired) electrons. The van der Waals surface area contributed by atoms with Gasteiger partial charge in [0.05, 0.1) is 6.54 Å². The lowest BCUT2D eigenvalue weighted by Crippen LogP contribution is -2.42. The third-order valence-electron chi connectivity index (χ3n) is 4.85. The van der Waals surface area contributed by atoms with Gasteiger partial charge in [0.15, 0.2) is 0 Å². The van der Waals surface area contributed by atoms with Gasteiger partial charge in [-0.3, -0.25) is 14.5 Å². The molecule has 3 rings (SSSR count). The third-order valence-corrected chi connectivity index (χ3v) is 4.85. The van der Waals surface area contributed by atoms with E-state index in [9.17, 15) is 14.9 Å². The van der Waals surface area contributed by atoms with Crippen LogP contribution in [0.1, 0.15) is 23.6 Å². The monoisotopic (exact) mass is 398 g/mol. The maximum Gasteiger partial charge on any atom is 0.271 e. The quantitative estimate of drug-likeness (QED) is 0.412. The maximum absolute atomic E-state index is 13.1. The van der Waals surface area contributed by atoms with Gasteiger partial charge in [-0.2, -0.15) is 5.26 Å². The molecule has 1 heterocycles. The fraction of sp³-hybridized carbons (Fsp3) is 0.160. The molecule has 0 saturated heterocycles. The molecule has 2 amide bonds. The fourth-order valence-corrected chi connectivity index (χ4v) is 3.13. The second kappa shape index (κ2) is 9.06. The van der Waals surface area contributed by atoms with Gasteiger partial charge in [-0.25, -0.2) is 0 Å². The number of nitriles is 1. The van der Waals surface area contributed by atoms with Crippen LogP contribution in [0.25, 0.3) is 6.08 Å². The van der Waals surface area contributed by atoms with Crippen molar-refractivity contribution >= 4 is 17.9 Å². The first-order valence-electron chi connectivity index (χ1n) is 9.53. The van der Waals surface area contributed by atoms with E-state index in [1.165, 1.54) is 0 Å². The molecule has 0 fully saturated rings. The van der Waals surface area contributed by atoms with Crippen molar-refractivity contribution in [2.75, 3.05) is 6.61 Å². The zero-order valence-electron chi connectivity index (χ0n) is 17.0. The Bertz CT molecular complexity index is 1080. The molecule has 150 valence electrons. The second-order valence-electron chi connectivity index (χ2n) is 7.02. The molecular weight excluding hydrogens is 376 g/mol. The normalized spacial score (nSPS) is 15.4. The molecule has 30 heavy (non-hydrogen) atoms. The van der Waals surface area contributed by atoms with E-state index < -0.39 is 11.8 Å². The average molecular weight is 398 g/mol. The van der Waals surface area contributed by atoms with Gasteiger partial charge < -0.3 is 4.74 Å². The second-order valence-corrected chi connectivity index (χ2v) is 7.02. The number of aryl methyl sites for hydroxylation is 1. The number of hydrogen-bond acceptors (Lipinski definition) is 4. The highest BCUT2D eigenvalue weighted by molar-refractivity contribution is 6.19. The van der Waals surface area contributed by atoms with Crippen molar-refractivity contribution in [3.05, 3.63) is 94.6 Å². The summed E-state index contributed by atoms with van der Waals surface area (Å²) < 4.78 is 5.47. The lowest BCUT2D eigenvalue weighted by atomic mass is 9.93. The smallest absolute Gasteiger partial charge is 0.271 e. The lowest BCUT2D eigenvalue weighted by Gasteiger charge is -2.27. The van der Waals surface area contributed by atoms with Gasteiger partial charge in [0.1, 0.15) is 24.0 Å². The number of nitrogens with zero attached hydrogens (tertiary/aromatic N) is 2. The highest BCUT2D eigenvalue weighted by Crippen LogP contribution is 2.28. The Morgan fingerprint density at radius 2 is 1.70 bits per heavy atom. The van der Waals surface area contributed by atoms with Crippen LogP contribution in [0, 0.1) is 18.3 Å². The van der Waals surface area contributed by atoms with Crippen molar-refractivity contribution in [1.29, 1.82) is 5.26 Å². The van der Waals surface area contributed by atoms with Crippen LogP contribution in [0.2, 0.25) is 0 Å². The van der Waals surface area contributed by atoms with Crippen molar-refractivity contribution in [2.24, 2.45) is 0 Å². The SMILES string of the molecule is C=CCOc1ccc(/C=C2/C(=O)N(Cc3ccc(C)cc3)C(=O)C(C#N)=C2C)cc1. The van der Waals surface area contributed by atoms with Crippen LogP contribution in [0.15, 0.2) is 77.9 Å². The predicted molar refractivity (Wildman–Crippen MR) is 115 cm³/mol. The summed E-state index contributed by atoms with van der Waals surface area (Å²) in [6.45, 7) is 7.73. The Balaban J connectivity index is 1.95. The number of carbonyl (C=O) groups is 2. The van der Waals surface area contributed by atoms with Crippen LogP contribution in [0.3, 0.4) is 0 Å². The number of hydrogen-bond donors (Lipinski definition) is 0. The first-order valence-corrected chi connectivity index (χ1v) is 9.53. The highest BCUT2D eigenvalue weighted by Gasteiger charge is 2.35. The van der Waals surface area contributed by atoms with Gasteiger partial charge in [0, 0.05) is 5.57 Å². The molecule has 0 atom stereocenters. The Kier molecular flexibility index (Phi) is 6.29. The van der Waals surface area contributed by atoms with Crippen molar-refractivity contribution in [1.82, 2.24) is 4.90 Å². The van der Waals surface area contributed by atoms with Crippen molar-refractivity contribution in [3.8, 4) is 11.8 Å². The molecule has 2 aromatic rings. The molecular formula is C25H22N2O3. The average Bonchev–Trinajstić information content (AvgIpc) is 2.75. The molecule has 0 N–H and O–H groups in total. The predicted octanol–water partition coefficient (Wildman–Crippen LogP) is 4.35. The summed E-state index contributed by atoms with van der Waals surface area (Å²) in [4.78, 5) is 27.0. The van der Waals surface area contributed by atoms with Crippen molar-refractivity contribution in [2.45, 2.75) is 20.4 Å². The zero-order chi connectivity index (χ0) is 21.7. The molecule has 0 aromatic heterocycles. The topological polar surface area (TPSA) is 70.4 Å². The number of imide groups is 1. The Labute approximate surface area is 176 Å². The minimum Gasteiger partial charge on any atom is -0.490 e. The number of carbonyl (C=O) groups excluding carboxylic acids is 2. The lowest BCUT2D eigenvalue weighted by molar-refractivity contribution is -0.141. The van der Waals surface area contributed by atoms with E-state index in [4.69, 9.17) is 4.74 Å². The largest absolute Gasteiger partial charge is 0.490 e. The summed E-state index contributed by atoms with van der Waals surface area (Å²) in [5.74, 6) is -0.289. The minimum absolute atomic E-state index is 0.0149. The van der Waals surface area contributed by atoms with Gasteiger partial charge in [-0.1, -0.05) is 54.6 Å². The molecule has 0 bridgehead atoms. The van der Waals surface area contributed by atoms with E-state index in [1.807, 2.05) is 49.4 Å². The standard InChI is InChI=1S/C25H22N2O3/c1-4-13-30-21-11-9-19(10-12-21)14-22-18(3)23(15-26)25(29)27(24(22)28)16-20-7-5-17(2)6-8-20/h4-12,14H,1,13,16H2,2-3H3/b22-14+. The summed E-state index contributed by atoms with van der Waals surface area (Å²) in [5, 5.41) is 9.52. The number of benzene rings is 2. The van der Waals surface area contributed by atoms with Gasteiger partial charge >= 0.3 is 0 Å². The molecule has 0 aliphatic carbocycles. The Morgan fingerprint density at radius 1 is 1.03 bits per heavy atom. The summed E-state index contributed by atoms with van der Waals surface area (Å²) in [5.41, 5.74) is 3.38. The van der Waals surface area contributed by atoms with Crippen molar-refractivity contribution in [3.63, 3.8) is 0 Å². The van der Waals surface area contributed by atoms with Crippen molar-refractivity contribution < 1.29 is 14.3 Å². The molecule has 1 aliphatic heterocycles. The summed E-state index contributed by atoms with van der Waals surface area (Å²) in [7, 11) is 0. The van der Waals surface area contributed by atoms with Crippen LogP contribution >= 0.6 is 0 Å². The van der Waals surface area contributed by atoms with Crippen LogP contribution in [0.5, 0.6) is 5.75 Å². The van der Waals surface area contributed by atoms with E-state index in [-0.39, 0.29) is 12.1 Å². The third kappa shape index (κ3) is 4.39. The summed E-state index contributed by atoms with van der Waals surface area (Å²) in [6.07, 6.45) is 3.36.